The molecule has 20 heavy (non-hydrogen) atoms. The fourth-order valence-electron chi connectivity index (χ4n) is 1.86. The van der Waals surface area contributed by atoms with E-state index in [-0.39, 0.29) is 5.91 Å². The second-order valence-corrected chi connectivity index (χ2v) is 5.12. The summed E-state index contributed by atoms with van der Waals surface area (Å²) >= 11 is 0. The van der Waals surface area contributed by atoms with Gasteiger partial charge in [0.2, 0.25) is 0 Å². The van der Waals surface area contributed by atoms with Crippen molar-refractivity contribution >= 4 is 5.91 Å². The van der Waals surface area contributed by atoms with Crippen molar-refractivity contribution in [3.8, 4) is 5.75 Å². The summed E-state index contributed by atoms with van der Waals surface area (Å²) in [5.74, 6) is 0.439. The molecule has 0 spiro atoms. The molecule has 0 radical (unpaired) electrons. The fraction of sp³-hybridized carbons (Fsp3) is 0.562. The van der Waals surface area contributed by atoms with E-state index in [1.807, 2.05) is 25.1 Å². The second-order valence-electron chi connectivity index (χ2n) is 5.12. The fourth-order valence-corrected chi connectivity index (χ4v) is 1.86. The topological polar surface area (TPSA) is 58.6 Å². The molecule has 1 aromatic rings. The van der Waals surface area contributed by atoms with Crippen LogP contribution in [0.5, 0.6) is 5.75 Å². The SMILES string of the molecule is CCCCNC(=O)C(C)Oc1cc(C)ccc1C(C)O. The van der Waals surface area contributed by atoms with Gasteiger partial charge in [0.25, 0.3) is 5.91 Å². The molecule has 2 N–H and O–H groups in total. The zero-order valence-corrected chi connectivity index (χ0v) is 12.8. The molecule has 4 heteroatoms. The lowest BCUT2D eigenvalue weighted by Gasteiger charge is -2.19. The molecule has 0 aliphatic heterocycles. The van der Waals surface area contributed by atoms with E-state index in [1.165, 1.54) is 0 Å². The zero-order valence-electron chi connectivity index (χ0n) is 12.8. The molecule has 2 atom stereocenters. The Kier molecular flexibility index (Phi) is 6.52. The number of amides is 1. The lowest BCUT2D eigenvalue weighted by atomic mass is 10.1. The van der Waals surface area contributed by atoms with Crippen LogP contribution in [0.4, 0.5) is 0 Å². The smallest absolute Gasteiger partial charge is 0.260 e. The number of hydrogen-bond donors (Lipinski definition) is 2. The van der Waals surface area contributed by atoms with Crippen molar-refractivity contribution in [2.45, 2.75) is 52.7 Å². The number of aryl methyl sites for hydroxylation is 1. The molecule has 0 saturated carbocycles. The molecular weight excluding hydrogens is 254 g/mol. The van der Waals surface area contributed by atoms with Crippen LogP contribution >= 0.6 is 0 Å². The van der Waals surface area contributed by atoms with Gasteiger partial charge in [-0.1, -0.05) is 25.5 Å². The van der Waals surface area contributed by atoms with Crippen LogP contribution in [0.25, 0.3) is 0 Å². The summed E-state index contributed by atoms with van der Waals surface area (Å²) in [4.78, 5) is 11.9. The molecule has 0 aliphatic carbocycles. The highest BCUT2D eigenvalue weighted by atomic mass is 16.5. The average molecular weight is 279 g/mol. The largest absolute Gasteiger partial charge is 0.481 e. The summed E-state index contributed by atoms with van der Waals surface area (Å²) in [6.07, 6.45) is 0.800. The Labute approximate surface area is 121 Å². The van der Waals surface area contributed by atoms with Crippen LogP contribution in [0.3, 0.4) is 0 Å². The number of carbonyl (C=O) groups is 1. The predicted octanol–water partition coefficient (Wildman–Crippen LogP) is 2.73. The van der Waals surface area contributed by atoms with Gasteiger partial charge < -0.3 is 15.2 Å². The third-order valence-corrected chi connectivity index (χ3v) is 3.12. The van der Waals surface area contributed by atoms with Crippen LogP contribution in [-0.2, 0) is 4.79 Å². The molecule has 112 valence electrons. The van der Waals surface area contributed by atoms with E-state index < -0.39 is 12.2 Å². The molecule has 0 bridgehead atoms. The van der Waals surface area contributed by atoms with E-state index in [1.54, 1.807) is 13.8 Å². The lowest BCUT2D eigenvalue weighted by Crippen LogP contribution is -2.37. The van der Waals surface area contributed by atoms with Gasteiger partial charge in [-0.3, -0.25) is 4.79 Å². The predicted molar refractivity (Wildman–Crippen MR) is 79.8 cm³/mol. The number of carbonyl (C=O) groups excluding carboxylic acids is 1. The Morgan fingerprint density at radius 2 is 2.10 bits per heavy atom. The number of nitrogens with one attached hydrogen (secondary N) is 1. The Bertz CT molecular complexity index is 443. The van der Waals surface area contributed by atoms with Gasteiger partial charge in [-0.2, -0.15) is 0 Å². The molecule has 1 rings (SSSR count). The second kappa shape index (κ2) is 7.90. The number of unbranched alkanes of at least 4 members (excludes halogenated alkanes) is 1. The Morgan fingerprint density at radius 3 is 2.70 bits per heavy atom. The number of aliphatic hydroxyl groups is 1. The summed E-state index contributed by atoms with van der Waals surface area (Å²) in [6, 6.07) is 5.59. The van der Waals surface area contributed by atoms with E-state index in [0.29, 0.717) is 17.9 Å². The minimum absolute atomic E-state index is 0.128. The van der Waals surface area contributed by atoms with Gasteiger partial charge in [0.15, 0.2) is 6.10 Å². The standard InChI is InChI=1S/C16H25NO3/c1-5-6-9-17-16(19)13(4)20-15-10-11(2)7-8-14(15)12(3)18/h7-8,10,12-13,18H,5-6,9H2,1-4H3,(H,17,19). The minimum atomic E-state index is -0.624. The van der Waals surface area contributed by atoms with Gasteiger partial charge in [-0.25, -0.2) is 0 Å². The highest BCUT2D eigenvalue weighted by molar-refractivity contribution is 5.80. The maximum absolute atomic E-state index is 11.9. The van der Waals surface area contributed by atoms with E-state index >= 15 is 0 Å². The Hall–Kier alpha value is -1.55. The zero-order chi connectivity index (χ0) is 15.1. The van der Waals surface area contributed by atoms with E-state index in [4.69, 9.17) is 4.74 Å². The maximum Gasteiger partial charge on any atom is 0.260 e. The van der Waals surface area contributed by atoms with Crippen molar-refractivity contribution in [2.75, 3.05) is 6.54 Å². The third-order valence-electron chi connectivity index (χ3n) is 3.12. The average Bonchev–Trinajstić information content (AvgIpc) is 2.38. The van der Waals surface area contributed by atoms with Crippen molar-refractivity contribution < 1.29 is 14.6 Å². The first-order chi connectivity index (χ1) is 9.45. The van der Waals surface area contributed by atoms with Crippen LogP contribution in [-0.4, -0.2) is 23.7 Å². The quantitative estimate of drug-likeness (QED) is 0.755. The summed E-state index contributed by atoms with van der Waals surface area (Å²) < 4.78 is 5.71. The highest BCUT2D eigenvalue weighted by Gasteiger charge is 2.17. The summed E-state index contributed by atoms with van der Waals surface area (Å²) in [6.45, 7) is 8.09. The first kappa shape index (κ1) is 16.5. The van der Waals surface area contributed by atoms with Gasteiger partial charge in [0, 0.05) is 12.1 Å². The van der Waals surface area contributed by atoms with Gasteiger partial charge in [-0.05, 0) is 38.8 Å². The normalized spacial score (nSPS) is 13.7. The Balaban J connectivity index is 2.71. The Morgan fingerprint density at radius 1 is 1.40 bits per heavy atom. The van der Waals surface area contributed by atoms with Gasteiger partial charge in [0.1, 0.15) is 5.75 Å². The molecule has 1 amide bonds. The first-order valence-corrected chi connectivity index (χ1v) is 7.18. The van der Waals surface area contributed by atoms with Gasteiger partial charge in [0.05, 0.1) is 6.10 Å². The van der Waals surface area contributed by atoms with Crippen molar-refractivity contribution in [3.63, 3.8) is 0 Å². The third kappa shape index (κ3) is 4.85. The monoisotopic (exact) mass is 279 g/mol. The van der Waals surface area contributed by atoms with Crippen molar-refractivity contribution in [2.24, 2.45) is 0 Å². The molecule has 2 unspecified atom stereocenters. The maximum atomic E-state index is 11.9. The minimum Gasteiger partial charge on any atom is -0.481 e. The lowest BCUT2D eigenvalue weighted by molar-refractivity contribution is -0.127. The summed E-state index contributed by atoms with van der Waals surface area (Å²) in [5.41, 5.74) is 1.73. The molecule has 4 nitrogen and oxygen atoms in total. The first-order valence-electron chi connectivity index (χ1n) is 7.18. The number of benzene rings is 1. The van der Waals surface area contributed by atoms with Crippen LogP contribution < -0.4 is 10.1 Å². The van der Waals surface area contributed by atoms with E-state index in [0.717, 1.165) is 18.4 Å². The number of rotatable bonds is 7. The molecule has 0 aromatic heterocycles. The molecular formula is C16H25NO3. The molecule has 0 fully saturated rings. The van der Waals surface area contributed by atoms with Crippen LogP contribution in [0.15, 0.2) is 18.2 Å². The van der Waals surface area contributed by atoms with Crippen LogP contribution in [0.1, 0.15) is 50.8 Å². The van der Waals surface area contributed by atoms with Crippen molar-refractivity contribution in [3.05, 3.63) is 29.3 Å². The van der Waals surface area contributed by atoms with Gasteiger partial charge >= 0.3 is 0 Å². The van der Waals surface area contributed by atoms with Crippen LogP contribution in [0.2, 0.25) is 0 Å². The number of hydrogen-bond acceptors (Lipinski definition) is 3. The summed E-state index contributed by atoms with van der Waals surface area (Å²) in [5, 5.41) is 12.6. The number of aliphatic hydroxyl groups excluding tert-OH is 1. The van der Waals surface area contributed by atoms with Crippen molar-refractivity contribution in [1.29, 1.82) is 0 Å². The molecule has 1 aromatic carbocycles. The summed E-state index contributed by atoms with van der Waals surface area (Å²) in [7, 11) is 0. The van der Waals surface area contributed by atoms with Gasteiger partial charge in [-0.15, -0.1) is 0 Å². The highest BCUT2D eigenvalue weighted by Crippen LogP contribution is 2.27. The molecule has 0 heterocycles. The molecule has 0 aliphatic rings. The van der Waals surface area contributed by atoms with E-state index in [9.17, 15) is 9.90 Å². The number of ether oxygens (including phenoxy) is 1. The van der Waals surface area contributed by atoms with Crippen molar-refractivity contribution in [1.82, 2.24) is 5.32 Å². The van der Waals surface area contributed by atoms with E-state index in [2.05, 4.69) is 12.2 Å². The van der Waals surface area contributed by atoms with Crippen LogP contribution in [0, 0.1) is 6.92 Å². The molecule has 0 saturated heterocycles.